The summed E-state index contributed by atoms with van der Waals surface area (Å²) in [6.07, 6.45) is 3.91. The molecule has 0 radical (unpaired) electrons. The van der Waals surface area contributed by atoms with E-state index in [2.05, 4.69) is 17.1 Å². The van der Waals surface area contributed by atoms with Gasteiger partial charge in [-0.2, -0.15) is 0 Å². The minimum Gasteiger partial charge on any atom is -0.326 e. The van der Waals surface area contributed by atoms with E-state index < -0.39 is 0 Å². The molecule has 2 N–H and O–H groups in total. The lowest BCUT2D eigenvalue weighted by Gasteiger charge is -2.32. The van der Waals surface area contributed by atoms with Crippen LogP contribution in [0.25, 0.3) is 0 Å². The Morgan fingerprint density at radius 2 is 2.20 bits per heavy atom. The maximum absolute atomic E-state index is 5.92. The van der Waals surface area contributed by atoms with E-state index in [1.807, 2.05) is 0 Å². The lowest BCUT2D eigenvalue weighted by Crippen LogP contribution is -2.45. The molecule has 1 aliphatic heterocycles. The number of fused-ring (bicyclic) bond motifs is 2. The van der Waals surface area contributed by atoms with Gasteiger partial charge in [0.05, 0.1) is 0 Å². The molecule has 2 fully saturated rings. The van der Waals surface area contributed by atoms with E-state index in [1.165, 1.54) is 19.3 Å². The highest BCUT2D eigenvalue weighted by atomic mass is 32.1. The normalized spacial score (nSPS) is 48.0. The zero-order valence-corrected chi connectivity index (χ0v) is 6.93. The summed E-state index contributed by atoms with van der Waals surface area (Å²) < 4.78 is 2.12. The molecule has 1 heterocycles. The van der Waals surface area contributed by atoms with Crippen LogP contribution >= 0.6 is 12.8 Å². The van der Waals surface area contributed by atoms with Crippen LogP contribution in [0.1, 0.15) is 19.3 Å². The standard InChI is InChI=1S/C7H14N2S/c8-7-4-9(10)6-2-1-5(7)3-6/h5-7,10H,1-4,8H2/t5-,6?,7+/m1/s1. The molecule has 0 spiro atoms. The maximum Gasteiger partial charge on any atom is 0.0245 e. The van der Waals surface area contributed by atoms with Crippen LogP contribution < -0.4 is 5.73 Å². The van der Waals surface area contributed by atoms with Crippen LogP contribution in [0.2, 0.25) is 0 Å². The third kappa shape index (κ3) is 0.966. The van der Waals surface area contributed by atoms with Gasteiger partial charge in [0.1, 0.15) is 0 Å². The van der Waals surface area contributed by atoms with Crippen molar-refractivity contribution in [1.82, 2.24) is 4.31 Å². The van der Waals surface area contributed by atoms with Gasteiger partial charge in [0.25, 0.3) is 0 Å². The summed E-state index contributed by atoms with van der Waals surface area (Å²) in [6.45, 7) is 0.985. The molecule has 0 amide bonds. The minimum atomic E-state index is 0.385. The van der Waals surface area contributed by atoms with Gasteiger partial charge in [-0.3, -0.25) is 0 Å². The highest BCUT2D eigenvalue weighted by Crippen LogP contribution is 2.36. The lowest BCUT2D eigenvalue weighted by atomic mass is 9.96. The predicted octanol–water partition coefficient (Wildman–Crippen LogP) is 0.643. The zero-order valence-electron chi connectivity index (χ0n) is 6.03. The Bertz CT molecular complexity index is 126. The average Bonchev–Trinajstić information content (AvgIpc) is 2.28. The predicted molar refractivity (Wildman–Crippen MR) is 44.8 cm³/mol. The van der Waals surface area contributed by atoms with Gasteiger partial charge in [0, 0.05) is 18.6 Å². The average molecular weight is 158 g/mol. The summed E-state index contributed by atoms with van der Waals surface area (Å²) in [5.74, 6) is 0.799. The molecule has 2 aliphatic rings. The second-order valence-electron chi connectivity index (χ2n) is 3.51. The maximum atomic E-state index is 5.92. The van der Waals surface area contributed by atoms with Crippen LogP contribution in [0.4, 0.5) is 0 Å². The van der Waals surface area contributed by atoms with Crippen molar-refractivity contribution in [2.24, 2.45) is 11.7 Å². The number of hydrogen-bond donors (Lipinski definition) is 2. The van der Waals surface area contributed by atoms with E-state index in [9.17, 15) is 0 Å². The largest absolute Gasteiger partial charge is 0.326 e. The first kappa shape index (κ1) is 6.95. The molecule has 1 saturated heterocycles. The van der Waals surface area contributed by atoms with Crippen molar-refractivity contribution < 1.29 is 0 Å². The molecule has 1 aliphatic carbocycles. The smallest absolute Gasteiger partial charge is 0.0245 e. The molecule has 0 aromatic carbocycles. The summed E-state index contributed by atoms with van der Waals surface area (Å²) >= 11 is 4.38. The molecular weight excluding hydrogens is 144 g/mol. The van der Waals surface area contributed by atoms with Crippen LogP contribution in [-0.2, 0) is 0 Å². The molecule has 2 bridgehead atoms. The van der Waals surface area contributed by atoms with Crippen LogP contribution in [-0.4, -0.2) is 22.9 Å². The summed E-state index contributed by atoms with van der Waals surface area (Å²) in [5.41, 5.74) is 5.92. The number of thiol groups is 1. The fraction of sp³-hybridized carbons (Fsp3) is 1.00. The first-order chi connectivity index (χ1) is 4.77. The number of nitrogens with two attached hydrogens (primary N) is 1. The van der Waals surface area contributed by atoms with Gasteiger partial charge >= 0.3 is 0 Å². The van der Waals surface area contributed by atoms with Gasteiger partial charge in [0.15, 0.2) is 0 Å². The van der Waals surface area contributed by atoms with Crippen molar-refractivity contribution in [2.75, 3.05) is 6.54 Å². The zero-order chi connectivity index (χ0) is 7.14. The fourth-order valence-corrected chi connectivity index (χ4v) is 2.56. The highest BCUT2D eigenvalue weighted by molar-refractivity contribution is 7.77. The Hall–Kier alpha value is 0.270. The number of hydrogen-bond acceptors (Lipinski definition) is 3. The molecule has 2 rings (SSSR count). The van der Waals surface area contributed by atoms with Crippen molar-refractivity contribution in [3.05, 3.63) is 0 Å². The topological polar surface area (TPSA) is 29.3 Å². The Kier molecular flexibility index (Phi) is 1.66. The van der Waals surface area contributed by atoms with Crippen LogP contribution in [0.3, 0.4) is 0 Å². The summed E-state index contributed by atoms with van der Waals surface area (Å²) in [5, 5.41) is 0. The van der Waals surface area contributed by atoms with E-state index in [0.29, 0.717) is 6.04 Å². The SMILES string of the molecule is N[C@H]1CN(S)C2CC[C@@H]1C2. The molecule has 3 atom stereocenters. The Morgan fingerprint density at radius 3 is 3.00 bits per heavy atom. The van der Waals surface area contributed by atoms with Gasteiger partial charge in [-0.05, 0) is 25.2 Å². The fourth-order valence-electron chi connectivity index (χ4n) is 2.17. The molecule has 2 nitrogen and oxygen atoms in total. The van der Waals surface area contributed by atoms with Gasteiger partial charge < -0.3 is 5.73 Å². The van der Waals surface area contributed by atoms with E-state index in [4.69, 9.17) is 5.73 Å². The van der Waals surface area contributed by atoms with Gasteiger partial charge in [-0.25, -0.2) is 4.31 Å². The van der Waals surface area contributed by atoms with Crippen LogP contribution in [0, 0.1) is 5.92 Å². The molecule has 0 aromatic rings. The summed E-state index contributed by atoms with van der Waals surface area (Å²) in [4.78, 5) is 0. The molecule has 10 heavy (non-hydrogen) atoms. The van der Waals surface area contributed by atoms with Crippen molar-refractivity contribution in [3.63, 3.8) is 0 Å². The van der Waals surface area contributed by atoms with Crippen molar-refractivity contribution >= 4 is 12.8 Å². The van der Waals surface area contributed by atoms with E-state index in [-0.39, 0.29) is 0 Å². The Morgan fingerprint density at radius 1 is 1.40 bits per heavy atom. The van der Waals surface area contributed by atoms with Crippen molar-refractivity contribution in [1.29, 1.82) is 0 Å². The minimum absolute atomic E-state index is 0.385. The highest BCUT2D eigenvalue weighted by Gasteiger charge is 2.37. The van der Waals surface area contributed by atoms with E-state index in [1.54, 1.807) is 0 Å². The molecule has 0 aromatic heterocycles. The van der Waals surface area contributed by atoms with Crippen LogP contribution in [0.5, 0.6) is 0 Å². The molecule has 3 heteroatoms. The van der Waals surface area contributed by atoms with Gasteiger partial charge in [-0.15, -0.1) is 0 Å². The summed E-state index contributed by atoms with van der Waals surface area (Å²) in [6, 6.07) is 1.12. The monoisotopic (exact) mass is 158 g/mol. The van der Waals surface area contributed by atoms with Crippen molar-refractivity contribution in [3.8, 4) is 0 Å². The Labute approximate surface area is 67.3 Å². The quantitative estimate of drug-likeness (QED) is 0.507. The number of nitrogens with zero attached hydrogens (tertiary/aromatic N) is 1. The van der Waals surface area contributed by atoms with Crippen LogP contribution in [0.15, 0.2) is 0 Å². The van der Waals surface area contributed by atoms with Gasteiger partial charge in [-0.1, -0.05) is 12.8 Å². The number of piperidine rings is 1. The second kappa shape index (κ2) is 2.40. The lowest BCUT2D eigenvalue weighted by molar-refractivity contribution is 0.250. The molecule has 1 saturated carbocycles. The first-order valence-corrected chi connectivity index (χ1v) is 4.38. The number of rotatable bonds is 0. The molecular formula is C7H14N2S. The van der Waals surface area contributed by atoms with E-state index in [0.717, 1.165) is 18.5 Å². The van der Waals surface area contributed by atoms with E-state index >= 15 is 0 Å². The third-order valence-electron chi connectivity index (χ3n) is 2.87. The summed E-state index contributed by atoms with van der Waals surface area (Å²) in [7, 11) is 0. The second-order valence-corrected chi connectivity index (χ2v) is 4.03. The molecule has 58 valence electrons. The Balaban J connectivity index is 2.09. The van der Waals surface area contributed by atoms with Crippen molar-refractivity contribution in [2.45, 2.75) is 31.3 Å². The van der Waals surface area contributed by atoms with Gasteiger partial charge in [0.2, 0.25) is 0 Å². The third-order valence-corrected chi connectivity index (χ3v) is 3.36. The first-order valence-electron chi connectivity index (χ1n) is 3.98. The molecule has 1 unspecified atom stereocenters.